The van der Waals surface area contributed by atoms with Crippen molar-refractivity contribution in [1.29, 1.82) is 5.26 Å². The van der Waals surface area contributed by atoms with Gasteiger partial charge in [-0.25, -0.2) is 0 Å². The van der Waals surface area contributed by atoms with Gasteiger partial charge in [-0.15, -0.1) is 0 Å². The van der Waals surface area contributed by atoms with Gasteiger partial charge in [0.15, 0.2) is 0 Å². The van der Waals surface area contributed by atoms with Gasteiger partial charge in [-0.1, -0.05) is 0 Å². The molecule has 4 aromatic carbocycles. The van der Waals surface area contributed by atoms with E-state index in [0.29, 0.717) is 11.1 Å². The number of fused-ring (bicyclic) bond motifs is 3. The predicted molar refractivity (Wildman–Crippen MR) is 164 cm³/mol. The standard InChI is InChI=1S/C36H30FN2Se/c1-22-14-16-27-28-17-15-26(20-38)33(25-13-9-12-24(18-25)23-10-7-6-8-11-23)35(28)40-34(27)32(22)31-19-30(37)29(21-39(31)5)36(2,3)4/h6-19,21H,1-5H3/q+1. The third kappa shape index (κ3) is 4.37. The number of rotatable bonds is 3. The number of benzene rings is 4. The Bertz CT molecular complexity index is 1970. The van der Waals surface area contributed by atoms with Gasteiger partial charge in [-0.05, 0) is 0 Å². The Kier molecular flexibility index (Phi) is 6.46. The van der Waals surface area contributed by atoms with Crippen LogP contribution in [0.2, 0.25) is 0 Å². The molecule has 0 unspecified atom stereocenters. The van der Waals surface area contributed by atoms with Crippen LogP contribution in [-0.2, 0) is 12.5 Å². The van der Waals surface area contributed by atoms with Gasteiger partial charge in [0.1, 0.15) is 0 Å². The van der Waals surface area contributed by atoms with E-state index < -0.39 is 0 Å². The van der Waals surface area contributed by atoms with E-state index in [9.17, 15) is 5.26 Å². The van der Waals surface area contributed by atoms with Gasteiger partial charge in [-0.2, -0.15) is 0 Å². The molecule has 0 bridgehead atoms. The molecule has 0 fully saturated rings. The van der Waals surface area contributed by atoms with E-state index in [4.69, 9.17) is 0 Å². The monoisotopic (exact) mass is 589 g/mol. The van der Waals surface area contributed by atoms with Crippen LogP contribution in [0.25, 0.3) is 52.8 Å². The van der Waals surface area contributed by atoms with Crippen molar-refractivity contribution >= 4 is 33.8 Å². The molecule has 2 aromatic heterocycles. The van der Waals surface area contributed by atoms with Crippen LogP contribution >= 0.6 is 0 Å². The third-order valence-electron chi connectivity index (χ3n) is 7.68. The summed E-state index contributed by atoms with van der Waals surface area (Å²) in [4.78, 5) is 0. The summed E-state index contributed by atoms with van der Waals surface area (Å²) in [6.07, 6.45) is 1.94. The molecule has 6 aromatic rings. The second kappa shape index (κ2) is 9.86. The van der Waals surface area contributed by atoms with Gasteiger partial charge in [0.05, 0.1) is 0 Å². The van der Waals surface area contributed by atoms with Crippen molar-refractivity contribution < 1.29 is 8.96 Å². The number of hydrogen-bond donors (Lipinski definition) is 0. The number of aromatic nitrogens is 1. The van der Waals surface area contributed by atoms with Crippen molar-refractivity contribution in [3.05, 3.63) is 114 Å². The van der Waals surface area contributed by atoms with Crippen molar-refractivity contribution in [1.82, 2.24) is 0 Å². The van der Waals surface area contributed by atoms with Gasteiger partial charge in [0, 0.05) is 0 Å². The number of pyridine rings is 1. The van der Waals surface area contributed by atoms with Crippen LogP contribution in [0.4, 0.5) is 4.39 Å². The summed E-state index contributed by atoms with van der Waals surface area (Å²) in [5.41, 5.74) is 8.53. The van der Waals surface area contributed by atoms with E-state index >= 15 is 4.39 Å². The minimum absolute atomic E-state index is 0.0663. The fourth-order valence-corrected chi connectivity index (χ4v) is 8.71. The molecule has 0 aliphatic rings. The maximum absolute atomic E-state index is 15.5. The molecular weight excluding hydrogens is 558 g/mol. The van der Waals surface area contributed by atoms with Crippen LogP contribution in [-0.4, -0.2) is 14.5 Å². The molecule has 0 spiro atoms. The SMILES string of the molecule is Cc1ccc2c([se]c3c(-c4cccc(-c5ccccc5)c4)c(C#N)ccc32)c1-c1cc(F)c(C(C)(C)C)c[n+]1C. The van der Waals surface area contributed by atoms with Crippen LogP contribution in [0.5, 0.6) is 0 Å². The van der Waals surface area contributed by atoms with Crippen molar-refractivity contribution in [3.63, 3.8) is 0 Å². The van der Waals surface area contributed by atoms with Crippen LogP contribution < -0.4 is 4.57 Å². The predicted octanol–water partition coefficient (Wildman–Crippen LogP) is 8.49. The summed E-state index contributed by atoms with van der Waals surface area (Å²) >= 11 is -0.0663. The van der Waals surface area contributed by atoms with Gasteiger partial charge < -0.3 is 0 Å². The Balaban J connectivity index is 1.63. The Morgan fingerprint density at radius 3 is 2.12 bits per heavy atom. The van der Waals surface area contributed by atoms with Gasteiger partial charge in [0.2, 0.25) is 0 Å². The second-order valence-corrected chi connectivity index (χ2v) is 13.6. The van der Waals surface area contributed by atoms with Crippen LogP contribution in [0, 0.1) is 24.1 Å². The van der Waals surface area contributed by atoms with Gasteiger partial charge in [-0.3, -0.25) is 0 Å². The summed E-state index contributed by atoms with van der Waals surface area (Å²) in [5, 5.41) is 12.5. The molecule has 2 heterocycles. The molecule has 40 heavy (non-hydrogen) atoms. The first kappa shape index (κ1) is 26.2. The maximum atomic E-state index is 15.5. The molecule has 0 N–H and O–H groups in total. The molecule has 0 amide bonds. The average molecular weight is 589 g/mol. The fourth-order valence-electron chi connectivity index (χ4n) is 5.61. The Hall–Kier alpha value is -4.03. The van der Waals surface area contributed by atoms with E-state index in [1.807, 2.05) is 58.3 Å². The van der Waals surface area contributed by atoms with E-state index in [-0.39, 0.29) is 25.7 Å². The van der Waals surface area contributed by atoms with E-state index in [1.54, 1.807) is 6.07 Å². The van der Waals surface area contributed by atoms with Crippen molar-refractivity contribution in [2.45, 2.75) is 33.1 Å². The number of nitriles is 1. The summed E-state index contributed by atoms with van der Waals surface area (Å²) in [6.45, 7) is 8.22. The molecule has 6 rings (SSSR count). The Morgan fingerprint density at radius 2 is 1.43 bits per heavy atom. The van der Waals surface area contributed by atoms with Crippen LogP contribution in [0.3, 0.4) is 0 Å². The molecule has 4 heteroatoms. The van der Waals surface area contributed by atoms with Crippen molar-refractivity contribution in [2.24, 2.45) is 7.05 Å². The molecule has 0 aliphatic heterocycles. The third-order valence-corrected chi connectivity index (χ3v) is 10.3. The molecule has 2 nitrogen and oxygen atoms in total. The number of nitrogens with zero attached hydrogens (tertiary/aromatic N) is 2. The normalized spacial score (nSPS) is 11.7. The summed E-state index contributed by atoms with van der Waals surface area (Å²) in [5.74, 6) is -0.175. The summed E-state index contributed by atoms with van der Waals surface area (Å²) in [7, 11) is 2.01. The average Bonchev–Trinajstić information content (AvgIpc) is 3.32. The zero-order chi connectivity index (χ0) is 28.2. The Labute approximate surface area is 240 Å². The first-order valence-corrected chi connectivity index (χ1v) is 15.1. The van der Waals surface area contributed by atoms with Crippen molar-refractivity contribution in [3.8, 4) is 39.6 Å². The van der Waals surface area contributed by atoms with Gasteiger partial charge in [0.25, 0.3) is 0 Å². The number of aryl methyl sites for hydroxylation is 2. The molecule has 0 saturated heterocycles. The van der Waals surface area contributed by atoms with Crippen molar-refractivity contribution in [2.75, 3.05) is 0 Å². The quantitative estimate of drug-likeness (QED) is 0.151. The summed E-state index contributed by atoms with van der Waals surface area (Å²) in [6, 6.07) is 31.4. The van der Waals surface area contributed by atoms with E-state index in [1.165, 1.54) is 19.3 Å². The summed E-state index contributed by atoms with van der Waals surface area (Å²) < 4.78 is 20.0. The number of halogens is 1. The number of hydrogen-bond acceptors (Lipinski definition) is 1. The second-order valence-electron chi connectivity index (χ2n) is 11.4. The minimum atomic E-state index is -0.287. The first-order valence-electron chi connectivity index (χ1n) is 13.4. The van der Waals surface area contributed by atoms with E-state index in [0.717, 1.165) is 39.1 Å². The fraction of sp³-hybridized carbons (Fsp3) is 0.167. The zero-order valence-corrected chi connectivity index (χ0v) is 25.1. The zero-order valence-electron chi connectivity index (χ0n) is 23.3. The molecule has 0 aliphatic carbocycles. The van der Waals surface area contributed by atoms with Gasteiger partial charge >= 0.3 is 241 Å². The molecule has 0 atom stereocenters. The topological polar surface area (TPSA) is 27.7 Å². The van der Waals surface area contributed by atoms with Crippen LogP contribution in [0.1, 0.15) is 37.5 Å². The molecular formula is C36H30FN2Se+. The molecule has 0 saturated carbocycles. The van der Waals surface area contributed by atoms with Crippen LogP contribution in [0.15, 0.2) is 91.1 Å². The molecule has 0 radical (unpaired) electrons. The first-order chi connectivity index (χ1) is 19.2. The Morgan fingerprint density at radius 1 is 0.775 bits per heavy atom. The molecule has 196 valence electrons. The van der Waals surface area contributed by atoms with E-state index in [2.05, 4.69) is 72.2 Å².